The Kier molecular flexibility index (Phi) is 6.75. The van der Waals surface area contributed by atoms with Crippen LogP contribution in [0.25, 0.3) is 0 Å². The van der Waals surface area contributed by atoms with Gasteiger partial charge in [0.05, 0.1) is 12.1 Å². The summed E-state index contributed by atoms with van der Waals surface area (Å²) in [5, 5.41) is 13.4. The van der Waals surface area contributed by atoms with Gasteiger partial charge in [-0.25, -0.2) is 4.79 Å². The number of hydrogen-bond donors (Lipinski definition) is 2. The van der Waals surface area contributed by atoms with Crippen molar-refractivity contribution >= 4 is 11.7 Å². The van der Waals surface area contributed by atoms with E-state index in [9.17, 15) is 9.90 Å². The highest BCUT2D eigenvalue weighted by Crippen LogP contribution is 2.25. The van der Waals surface area contributed by atoms with Crippen LogP contribution in [-0.4, -0.2) is 29.1 Å². The van der Waals surface area contributed by atoms with Crippen LogP contribution in [0.1, 0.15) is 29.7 Å². The highest BCUT2D eigenvalue weighted by molar-refractivity contribution is 5.89. The number of aliphatic hydroxyl groups is 1. The summed E-state index contributed by atoms with van der Waals surface area (Å²) < 4.78 is 5.88. The summed E-state index contributed by atoms with van der Waals surface area (Å²) in [4.78, 5) is 14.1. The van der Waals surface area contributed by atoms with Crippen molar-refractivity contribution in [3.63, 3.8) is 0 Å². The van der Waals surface area contributed by atoms with Gasteiger partial charge in [-0.3, -0.25) is 0 Å². The van der Waals surface area contributed by atoms with E-state index >= 15 is 0 Å². The third kappa shape index (κ3) is 5.19. The van der Waals surface area contributed by atoms with Crippen molar-refractivity contribution in [2.75, 3.05) is 12.4 Å². The molecule has 0 heterocycles. The molecular formula is C25H28N2O3. The standard InChI is InChI=1S/C25H28N2O3/c1-17-10-13-23(16-18(17)2)30-22-14-11-21(12-15-22)26-25(29)27(4)19(3)24(28)20-8-6-5-7-9-20/h5-16,19,24,28H,1-4H3,(H,26,29)/t19-,24-/m1/s1. The molecule has 2 amide bonds. The average Bonchev–Trinajstić information content (AvgIpc) is 2.76. The Labute approximate surface area is 177 Å². The van der Waals surface area contributed by atoms with Crippen LogP contribution < -0.4 is 10.1 Å². The minimum atomic E-state index is -0.768. The van der Waals surface area contributed by atoms with Gasteiger partial charge in [-0.05, 0) is 73.9 Å². The number of likely N-dealkylation sites (N-methyl/N-ethyl adjacent to an activating group) is 1. The first-order valence-electron chi connectivity index (χ1n) is 9.97. The molecule has 0 radical (unpaired) electrons. The summed E-state index contributed by atoms with van der Waals surface area (Å²) >= 11 is 0. The van der Waals surface area contributed by atoms with Crippen molar-refractivity contribution in [3.8, 4) is 11.5 Å². The van der Waals surface area contributed by atoms with E-state index in [1.54, 1.807) is 19.2 Å². The van der Waals surface area contributed by atoms with Crippen LogP contribution in [0.5, 0.6) is 11.5 Å². The predicted octanol–water partition coefficient (Wildman–Crippen LogP) is 5.68. The molecule has 2 N–H and O–H groups in total. The topological polar surface area (TPSA) is 61.8 Å². The molecular weight excluding hydrogens is 376 g/mol. The number of ether oxygens (including phenoxy) is 1. The van der Waals surface area contributed by atoms with Gasteiger partial charge in [0.1, 0.15) is 11.5 Å². The molecule has 0 aromatic heterocycles. The maximum Gasteiger partial charge on any atom is 0.321 e. The van der Waals surface area contributed by atoms with Crippen molar-refractivity contribution in [1.82, 2.24) is 4.90 Å². The maximum atomic E-state index is 12.6. The summed E-state index contributed by atoms with van der Waals surface area (Å²) in [5.74, 6) is 1.47. The van der Waals surface area contributed by atoms with Gasteiger partial charge >= 0.3 is 6.03 Å². The predicted molar refractivity (Wildman–Crippen MR) is 120 cm³/mol. The van der Waals surface area contributed by atoms with E-state index in [-0.39, 0.29) is 12.1 Å². The highest BCUT2D eigenvalue weighted by Gasteiger charge is 2.24. The number of benzene rings is 3. The Bertz CT molecular complexity index is 987. The fourth-order valence-electron chi connectivity index (χ4n) is 3.06. The van der Waals surface area contributed by atoms with Gasteiger partial charge in [0.25, 0.3) is 0 Å². The molecule has 0 aliphatic rings. The molecule has 0 aliphatic carbocycles. The first-order chi connectivity index (χ1) is 14.3. The van der Waals surface area contributed by atoms with E-state index in [0.29, 0.717) is 11.4 Å². The summed E-state index contributed by atoms with van der Waals surface area (Å²) in [6.45, 7) is 5.93. The van der Waals surface area contributed by atoms with Crippen LogP contribution in [0, 0.1) is 13.8 Å². The minimum Gasteiger partial charge on any atom is -0.457 e. The fourth-order valence-corrected chi connectivity index (χ4v) is 3.06. The maximum absolute atomic E-state index is 12.6. The van der Waals surface area contributed by atoms with Gasteiger partial charge in [-0.1, -0.05) is 36.4 Å². The number of rotatable bonds is 6. The zero-order chi connectivity index (χ0) is 21.7. The first kappa shape index (κ1) is 21.4. The molecule has 0 spiro atoms. The van der Waals surface area contributed by atoms with E-state index in [4.69, 9.17) is 4.74 Å². The molecule has 0 bridgehead atoms. The Hall–Kier alpha value is -3.31. The van der Waals surface area contributed by atoms with Crippen molar-refractivity contribution in [2.45, 2.75) is 32.9 Å². The summed E-state index contributed by atoms with van der Waals surface area (Å²) in [5.41, 5.74) is 3.82. The van der Waals surface area contributed by atoms with Crippen molar-refractivity contribution < 1.29 is 14.6 Å². The molecule has 30 heavy (non-hydrogen) atoms. The minimum absolute atomic E-state index is 0.291. The fraction of sp³-hybridized carbons (Fsp3) is 0.240. The Balaban J connectivity index is 1.60. The molecule has 5 heteroatoms. The molecule has 0 saturated carbocycles. The van der Waals surface area contributed by atoms with E-state index in [1.807, 2.05) is 74.5 Å². The third-order valence-electron chi connectivity index (χ3n) is 5.35. The number of aliphatic hydroxyl groups excluding tert-OH is 1. The van der Waals surface area contributed by atoms with E-state index in [2.05, 4.69) is 12.2 Å². The van der Waals surface area contributed by atoms with E-state index in [0.717, 1.165) is 11.3 Å². The van der Waals surface area contributed by atoms with Crippen LogP contribution in [0.15, 0.2) is 72.8 Å². The van der Waals surface area contributed by atoms with Crippen LogP contribution in [0.3, 0.4) is 0 Å². The molecule has 0 aliphatic heterocycles. The summed E-state index contributed by atoms with van der Waals surface area (Å²) in [6, 6.07) is 21.8. The van der Waals surface area contributed by atoms with Gasteiger partial charge in [0, 0.05) is 12.7 Å². The van der Waals surface area contributed by atoms with Crippen molar-refractivity contribution in [2.24, 2.45) is 0 Å². The van der Waals surface area contributed by atoms with Gasteiger partial charge in [0.15, 0.2) is 0 Å². The molecule has 3 aromatic carbocycles. The van der Waals surface area contributed by atoms with Gasteiger partial charge < -0.3 is 20.1 Å². The number of hydrogen-bond acceptors (Lipinski definition) is 3. The molecule has 0 saturated heterocycles. The van der Waals surface area contributed by atoms with Crippen LogP contribution in [0.4, 0.5) is 10.5 Å². The largest absolute Gasteiger partial charge is 0.457 e. The first-order valence-corrected chi connectivity index (χ1v) is 9.97. The van der Waals surface area contributed by atoms with Crippen molar-refractivity contribution in [1.29, 1.82) is 0 Å². The number of carbonyl (C=O) groups is 1. The van der Waals surface area contributed by atoms with Gasteiger partial charge in [0.2, 0.25) is 0 Å². The number of nitrogens with one attached hydrogen (secondary N) is 1. The normalized spacial score (nSPS) is 12.7. The molecule has 3 rings (SSSR count). The zero-order valence-electron chi connectivity index (χ0n) is 17.8. The monoisotopic (exact) mass is 404 g/mol. The quantitative estimate of drug-likeness (QED) is 0.555. The number of carbonyl (C=O) groups excluding carboxylic acids is 1. The van der Waals surface area contributed by atoms with E-state index < -0.39 is 6.10 Å². The third-order valence-corrected chi connectivity index (χ3v) is 5.35. The van der Waals surface area contributed by atoms with Crippen LogP contribution in [-0.2, 0) is 0 Å². The Morgan fingerprint density at radius 3 is 2.20 bits per heavy atom. The number of urea groups is 1. The van der Waals surface area contributed by atoms with Crippen LogP contribution >= 0.6 is 0 Å². The Morgan fingerprint density at radius 1 is 0.933 bits per heavy atom. The molecule has 3 aromatic rings. The second-order valence-corrected chi connectivity index (χ2v) is 7.51. The average molecular weight is 405 g/mol. The summed E-state index contributed by atoms with van der Waals surface area (Å²) in [7, 11) is 1.67. The number of amides is 2. The molecule has 0 fully saturated rings. The molecule has 2 atom stereocenters. The van der Waals surface area contributed by atoms with E-state index in [1.165, 1.54) is 16.0 Å². The second-order valence-electron chi connectivity index (χ2n) is 7.51. The number of nitrogens with zero attached hydrogens (tertiary/aromatic N) is 1. The number of anilines is 1. The SMILES string of the molecule is Cc1ccc(Oc2ccc(NC(=O)N(C)[C@H](C)[C@@H](O)c3ccccc3)cc2)cc1C. The number of aryl methyl sites for hydroxylation is 2. The molecule has 5 nitrogen and oxygen atoms in total. The second kappa shape index (κ2) is 9.46. The molecule has 0 unspecified atom stereocenters. The van der Waals surface area contributed by atoms with Gasteiger partial charge in [-0.15, -0.1) is 0 Å². The van der Waals surface area contributed by atoms with Gasteiger partial charge in [-0.2, -0.15) is 0 Å². The Morgan fingerprint density at radius 2 is 1.57 bits per heavy atom. The highest BCUT2D eigenvalue weighted by atomic mass is 16.5. The lowest BCUT2D eigenvalue weighted by atomic mass is 10.0. The van der Waals surface area contributed by atoms with Crippen LogP contribution in [0.2, 0.25) is 0 Å². The lowest BCUT2D eigenvalue weighted by Crippen LogP contribution is -2.41. The summed E-state index contributed by atoms with van der Waals surface area (Å²) in [6.07, 6.45) is -0.768. The smallest absolute Gasteiger partial charge is 0.321 e. The van der Waals surface area contributed by atoms with Crippen molar-refractivity contribution in [3.05, 3.63) is 89.5 Å². The molecule has 156 valence electrons. The zero-order valence-corrected chi connectivity index (χ0v) is 17.8. The lowest BCUT2D eigenvalue weighted by Gasteiger charge is -2.29. The lowest BCUT2D eigenvalue weighted by molar-refractivity contribution is 0.0894.